The summed E-state index contributed by atoms with van der Waals surface area (Å²) in [6, 6.07) is 4.08. The summed E-state index contributed by atoms with van der Waals surface area (Å²) >= 11 is 0. The number of carboxylic acid groups (broad SMARTS) is 1. The van der Waals surface area contributed by atoms with Gasteiger partial charge in [-0.1, -0.05) is 0 Å². The molecule has 0 radical (unpaired) electrons. The first-order chi connectivity index (χ1) is 9.54. The van der Waals surface area contributed by atoms with Gasteiger partial charge in [-0.2, -0.15) is 0 Å². The van der Waals surface area contributed by atoms with Crippen molar-refractivity contribution in [3.63, 3.8) is 0 Å². The number of aliphatic hydroxyl groups is 1. The zero-order valence-electron chi connectivity index (χ0n) is 11.2. The Morgan fingerprint density at radius 1 is 1.40 bits per heavy atom. The Balaban J connectivity index is 2.33. The van der Waals surface area contributed by atoms with Gasteiger partial charge in [0.25, 0.3) is 0 Å². The van der Waals surface area contributed by atoms with Crippen LogP contribution in [0.25, 0.3) is 0 Å². The van der Waals surface area contributed by atoms with Gasteiger partial charge in [0, 0.05) is 18.3 Å². The number of hydrogen-bond acceptors (Lipinski definition) is 5. The molecule has 0 fully saturated rings. The molecule has 1 aromatic carbocycles. The van der Waals surface area contributed by atoms with Crippen molar-refractivity contribution >= 4 is 12.2 Å². The maximum absolute atomic E-state index is 10.5. The first kappa shape index (κ1) is 16.1. The van der Waals surface area contributed by atoms with Crippen LogP contribution in [-0.4, -0.2) is 40.1 Å². The van der Waals surface area contributed by atoms with E-state index >= 15 is 0 Å². The van der Waals surface area contributed by atoms with Crippen molar-refractivity contribution < 1.29 is 20.1 Å². The molecule has 1 rings (SSSR count). The van der Waals surface area contributed by atoms with Gasteiger partial charge in [0.15, 0.2) is 0 Å². The molecule has 5 N–H and O–H groups in total. The minimum absolute atomic E-state index is 0.0623. The van der Waals surface area contributed by atoms with Crippen LogP contribution in [0.15, 0.2) is 23.2 Å². The van der Waals surface area contributed by atoms with E-state index in [2.05, 4.69) is 4.99 Å². The number of unbranched alkanes of at least 4 members (excludes halogenated alkanes) is 1. The lowest BCUT2D eigenvalue weighted by atomic mass is 10.1. The Morgan fingerprint density at radius 3 is 2.80 bits per heavy atom. The Labute approximate surface area is 117 Å². The van der Waals surface area contributed by atoms with E-state index in [1.54, 1.807) is 18.3 Å². The van der Waals surface area contributed by atoms with Crippen LogP contribution in [0.1, 0.15) is 30.4 Å². The van der Waals surface area contributed by atoms with E-state index in [9.17, 15) is 9.90 Å². The van der Waals surface area contributed by atoms with Crippen molar-refractivity contribution in [1.82, 2.24) is 0 Å². The molecule has 1 aromatic rings. The molecule has 20 heavy (non-hydrogen) atoms. The first-order valence-electron chi connectivity index (χ1n) is 6.45. The van der Waals surface area contributed by atoms with Gasteiger partial charge in [0.05, 0.1) is 6.61 Å². The molecule has 0 spiro atoms. The Morgan fingerprint density at radius 2 is 2.15 bits per heavy atom. The highest BCUT2D eigenvalue weighted by atomic mass is 16.4. The lowest BCUT2D eigenvalue weighted by Crippen LogP contribution is -2.29. The maximum atomic E-state index is 10.5. The third-order valence-electron chi connectivity index (χ3n) is 2.88. The molecule has 0 amide bonds. The summed E-state index contributed by atoms with van der Waals surface area (Å²) in [7, 11) is 0. The number of nitrogens with two attached hydrogens (primary N) is 1. The predicted octanol–water partition coefficient (Wildman–Crippen LogP) is 0.886. The van der Waals surface area contributed by atoms with Crippen molar-refractivity contribution in [3.8, 4) is 5.75 Å². The minimum atomic E-state index is -0.978. The number of nitrogens with zero attached hydrogens (tertiary/aromatic N) is 1. The van der Waals surface area contributed by atoms with E-state index in [0.717, 1.165) is 12.0 Å². The number of hydrogen-bond donors (Lipinski definition) is 4. The second-order valence-corrected chi connectivity index (χ2v) is 4.52. The number of carboxylic acids is 1. The maximum Gasteiger partial charge on any atom is 0.320 e. The van der Waals surface area contributed by atoms with E-state index in [-0.39, 0.29) is 12.4 Å². The molecule has 110 valence electrons. The number of rotatable bonds is 8. The largest absolute Gasteiger partial charge is 0.508 e. The van der Waals surface area contributed by atoms with Crippen LogP contribution in [-0.2, 0) is 11.4 Å². The van der Waals surface area contributed by atoms with E-state index in [1.807, 2.05) is 0 Å². The molecule has 1 unspecified atom stereocenters. The smallest absolute Gasteiger partial charge is 0.320 e. The highest BCUT2D eigenvalue weighted by Crippen LogP contribution is 2.17. The van der Waals surface area contributed by atoms with Gasteiger partial charge < -0.3 is 21.1 Å². The van der Waals surface area contributed by atoms with Gasteiger partial charge in [0.1, 0.15) is 11.8 Å². The SMILES string of the molecule is NC(CCCCN=Cc1ccc(O)c(CO)c1)C(=O)O. The van der Waals surface area contributed by atoms with Crippen molar-refractivity contribution in [1.29, 1.82) is 0 Å². The first-order valence-corrected chi connectivity index (χ1v) is 6.45. The number of aromatic hydroxyl groups is 1. The Hall–Kier alpha value is -1.92. The van der Waals surface area contributed by atoms with Crippen molar-refractivity contribution in [3.05, 3.63) is 29.3 Å². The Bertz CT molecular complexity index is 474. The molecule has 6 nitrogen and oxygen atoms in total. The van der Waals surface area contributed by atoms with Gasteiger partial charge in [-0.15, -0.1) is 0 Å². The molecule has 0 saturated heterocycles. The standard InChI is InChI=1S/C14H20N2O4/c15-12(14(19)20)3-1-2-6-16-8-10-4-5-13(18)11(7-10)9-17/h4-5,7-8,12,17-18H,1-3,6,9,15H2,(H,19,20). The van der Waals surface area contributed by atoms with Gasteiger partial charge in [-0.25, -0.2) is 0 Å². The monoisotopic (exact) mass is 280 g/mol. The van der Waals surface area contributed by atoms with Crippen molar-refractivity contribution in [2.75, 3.05) is 6.54 Å². The van der Waals surface area contributed by atoms with E-state index in [1.165, 1.54) is 6.07 Å². The highest BCUT2D eigenvalue weighted by Gasteiger charge is 2.09. The highest BCUT2D eigenvalue weighted by molar-refractivity contribution is 5.80. The Kier molecular flexibility index (Phi) is 6.69. The topological polar surface area (TPSA) is 116 Å². The van der Waals surface area contributed by atoms with Crippen LogP contribution >= 0.6 is 0 Å². The molecule has 0 aliphatic carbocycles. The number of aliphatic hydroxyl groups excluding tert-OH is 1. The second kappa shape index (κ2) is 8.29. The fourth-order valence-corrected chi connectivity index (χ4v) is 1.67. The summed E-state index contributed by atoms with van der Waals surface area (Å²) in [5, 5.41) is 27.0. The van der Waals surface area contributed by atoms with Crippen LogP contribution in [0.4, 0.5) is 0 Å². The van der Waals surface area contributed by atoms with Gasteiger partial charge in [-0.3, -0.25) is 9.79 Å². The number of benzene rings is 1. The average Bonchev–Trinajstić information content (AvgIpc) is 2.43. The summed E-state index contributed by atoms with van der Waals surface area (Å²) < 4.78 is 0. The van der Waals surface area contributed by atoms with Crippen LogP contribution in [0.2, 0.25) is 0 Å². The molecule has 1 atom stereocenters. The number of aliphatic imine (C=N–C) groups is 1. The summed E-state index contributed by atoms with van der Waals surface area (Å²) in [6.07, 6.45) is 3.58. The van der Waals surface area contributed by atoms with Crippen LogP contribution in [0.3, 0.4) is 0 Å². The summed E-state index contributed by atoms with van der Waals surface area (Å²) in [5.74, 6) is -0.915. The fourth-order valence-electron chi connectivity index (χ4n) is 1.67. The summed E-state index contributed by atoms with van der Waals surface area (Å²) in [5.41, 5.74) is 6.64. The molecule has 0 aromatic heterocycles. The molecular formula is C14H20N2O4. The quantitative estimate of drug-likeness (QED) is 0.417. The molecule has 0 heterocycles. The molecular weight excluding hydrogens is 260 g/mol. The van der Waals surface area contributed by atoms with E-state index in [4.69, 9.17) is 15.9 Å². The average molecular weight is 280 g/mol. The number of phenols is 1. The zero-order chi connectivity index (χ0) is 15.0. The van der Waals surface area contributed by atoms with Crippen molar-refractivity contribution in [2.45, 2.75) is 31.9 Å². The van der Waals surface area contributed by atoms with Gasteiger partial charge >= 0.3 is 5.97 Å². The number of carbonyl (C=O) groups is 1. The lowest BCUT2D eigenvalue weighted by molar-refractivity contribution is -0.138. The van der Waals surface area contributed by atoms with E-state index < -0.39 is 12.0 Å². The molecule has 0 bridgehead atoms. The number of aliphatic carboxylic acids is 1. The third kappa shape index (κ3) is 5.38. The fraction of sp³-hybridized carbons (Fsp3) is 0.429. The zero-order valence-corrected chi connectivity index (χ0v) is 11.2. The molecule has 6 heteroatoms. The van der Waals surface area contributed by atoms with E-state index in [0.29, 0.717) is 24.9 Å². The normalized spacial score (nSPS) is 12.7. The van der Waals surface area contributed by atoms with Gasteiger partial charge in [-0.05, 0) is 43.0 Å². The van der Waals surface area contributed by atoms with Gasteiger partial charge in [0.2, 0.25) is 0 Å². The molecule has 0 aliphatic heterocycles. The minimum Gasteiger partial charge on any atom is -0.508 e. The second-order valence-electron chi connectivity index (χ2n) is 4.52. The van der Waals surface area contributed by atoms with Crippen molar-refractivity contribution in [2.24, 2.45) is 10.7 Å². The van der Waals surface area contributed by atoms with Crippen LogP contribution in [0, 0.1) is 0 Å². The van der Waals surface area contributed by atoms with Crippen LogP contribution < -0.4 is 5.73 Å². The lowest BCUT2D eigenvalue weighted by Gasteiger charge is -2.04. The summed E-state index contributed by atoms with van der Waals surface area (Å²) in [6.45, 7) is 0.363. The predicted molar refractivity (Wildman–Crippen MR) is 76.0 cm³/mol. The molecule has 0 saturated carbocycles. The van der Waals surface area contributed by atoms with Crippen LogP contribution in [0.5, 0.6) is 5.75 Å². The summed E-state index contributed by atoms with van der Waals surface area (Å²) in [4.78, 5) is 14.7. The third-order valence-corrected chi connectivity index (χ3v) is 2.88. The molecule has 0 aliphatic rings.